The Bertz CT molecular complexity index is 281. The molecule has 1 nitrogen and oxygen atoms in total. The summed E-state index contributed by atoms with van der Waals surface area (Å²) in [5, 5.41) is 0.799. The third-order valence-corrected chi connectivity index (χ3v) is 2.38. The Hall–Kier alpha value is -0.530. The van der Waals surface area contributed by atoms with Gasteiger partial charge in [0.2, 0.25) is 0 Å². The van der Waals surface area contributed by atoms with Gasteiger partial charge in [0.15, 0.2) is 0 Å². The average Bonchev–Trinajstić information content (AvgIpc) is 2.04. The van der Waals surface area contributed by atoms with Gasteiger partial charge in [-0.05, 0) is 42.1 Å². The molecule has 0 atom stereocenters. The lowest BCUT2D eigenvalue weighted by molar-refractivity contribution is 0.832. The molecule has 0 heterocycles. The maximum atomic E-state index is 5.92. The van der Waals surface area contributed by atoms with Gasteiger partial charge < -0.3 is 5.73 Å². The van der Waals surface area contributed by atoms with Gasteiger partial charge >= 0.3 is 0 Å². The Morgan fingerprint density at radius 3 is 2.62 bits per heavy atom. The van der Waals surface area contributed by atoms with Crippen LogP contribution in [0.4, 0.5) is 0 Å². The number of halogens is 1. The zero-order valence-corrected chi connectivity index (χ0v) is 8.93. The summed E-state index contributed by atoms with van der Waals surface area (Å²) in [5.41, 5.74) is 8.18. The van der Waals surface area contributed by atoms with Crippen molar-refractivity contribution in [3.63, 3.8) is 0 Å². The van der Waals surface area contributed by atoms with E-state index in [1.54, 1.807) is 0 Å². The zero-order chi connectivity index (χ0) is 9.84. The van der Waals surface area contributed by atoms with Crippen LogP contribution in [0.3, 0.4) is 0 Å². The average molecular weight is 198 g/mol. The van der Waals surface area contributed by atoms with Crippen molar-refractivity contribution < 1.29 is 0 Å². The smallest absolute Gasteiger partial charge is 0.0408 e. The monoisotopic (exact) mass is 197 g/mol. The molecule has 13 heavy (non-hydrogen) atoms. The molecule has 1 rings (SSSR count). The second-order valence-corrected chi connectivity index (χ2v) is 3.97. The van der Waals surface area contributed by atoms with E-state index in [0.717, 1.165) is 11.4 Å². The lowest BCUT2D eigenvalue weighted by Gasteiger charge is -2.12. The van der Waals surface area contributed by atoms with Crippen LogP contribution < -0.4 is 5.73 Å². The van der Waals surface area contributed by atoms with Gasteiger partial charge in [-0.15, -0.1) is 0 Å². The minimum absolute atomic E-state index is 0.541. The lowest BCUT2D eigenvalue weighted by Crippen LogP contribution is -2.06. The van der Waals surface area contributed by atoms with Crippen LogP contribution in [0.5, 0.6) is 0 Å². The number of hydrogen-bond acceptors (Lipinski definition) is 1. The normalized spacial score (nSPS) is 10.8. The number of nitrogens with two attached hydrogens (primary N) is 1. The molecule has 0 aliphatic rings. The molecule has 2 heteroatoms. The molecule has 0 aromatic heterocycles. The van der Waals surface area contributed by atoms with E-state index in [0.29, 0.717) is 12.5 Å². The fourth-order valence-electron chi connectivity index (χ4n) is 1.51. The van der Waals surface area contributed by atoms with Crippen molar-refractivity contribution in [3.05, 3.63) is 34.3 Å². The van der Waals surface area contributed by atoms with Crippen molar-refractivity contribution in [1.29, 1.82) is 0 Å². The molecule has 72 valence electrons. The Balaban J connectivity index is 3.03. The van der Waals surface area contributed by atoms with E-state index in [9.17, 15) is 0 Å². The predicted octanol–water partition coefficient (Wildman–Crippen LogP) is 2.96. The van der Waals surface area contributed by atoms with Crippen molar-refractivity contribution in [3.8, 4) is 0 Å². The number of rotatable bonds is 3. The van der Waals surface area contributed by atoms with Gasteiger partial charge in [-0.3, -0.25) is 0 Å². The molecule has 0 saturated carbocycles. The number of benzene rings is 1. The first-order valence-electron chi connectivity index (χ1n) is 4.63. The van der Waals surface area contributed by atoms with Gasteiger partial charge in [0, 0.05) is 5.02 Å². The zero-order valence-electron chi connectivity index (χ0n) is 8.18. The highest BCUT2D eigenvalue weighted by Crippen LogP contribution is 2.23. The van der Waals surface area contributed by atoms with Crippen molar-refractivity contribution >= 4 is 11.6 Å². The standard InChI is InChI=1S/C11H16ClN/c1-8(2)11-4-3-10(12)7-9(11)5-6-13/h3-4,7-8H,5-6,13H2,1-2H3. The van der Waals surface area contributed by atoms with Gasteiger partial charge in [-0.1, -0.05) is 31.5 Å². The maximum Gasteiger partial charge on any atom is 0.0408 e. The fourth-order valence-corrected chi connectivity index (χ4v) is 1.70. The van der Waals surface area contributed by atoms with Crippen LogP contribution in [0.15, 0.2) is 18.2 Å². The highest BCUT2D eigenvalue weighted by Gasteiger charge is 2.05. The Labute approximate surface area is 84.9 Å². The van der Waals surface area contributed by atoms with Crippen LogP contribution in [0, 0.1) is 0 Å². The molecule has 1 aromatic rings. The molecule has 2 N–H and O–H groups in total. The molecular weight excluding hydrogens is 182 g/mol. The second kappa shape index (κ2) is 4.64. The van der Waals surface area contributed by atoms with Crippen LogP contribution in [0.2, 0.25) is 5.02 Å². The molecule has 0 radical (unpaired) electrons. The van der Waals surface area contributed by atoms with Gasteiger partial charge in [0.25, 0.3) is 0 Å². The van der Waals surface area contributed by atoms with E-state index < -0.39 is 0 Å². The Kier molecular flexibility index (Phi) is 3.76. The van der Waals surface area contributed by atoms with Crippen LogP contribution >= 0.6 is 11.6 Å². The summed E-state index contributed by atoms with van der Waals surface area (Å²) in [4.78, 5) is 0. The highest BCUT2D eigenvalue weighted by atomic mass is 35.5. The molecule has 0 aliphatic heterocycles. The summed E-state index contributed by atoms with van der Waals surface area (Å²) in [6.07, 6.45) is 0.911. The minimum atomic E-state index is 0.541. The van der Waals surface area contributed by atoms with Crippen LogP contribution in [-0.4, -0.2) is 6.54 Å². The summed E-state index contributed by atoms with van der Waals surface area (Å²) in [5.74, 6) is 0.541. The van der Waals surface area contributed by atoms with E-state index >= 15 is 0 Å². The van der Waals surface area contributed by atoms with Crippen molar-refractivity contribution in [2.75, 3.05) is 6.54 Å². The quantitative estimate of drug-likeness (QED) is 0.792. The Morgan fingerprint density at radius 1 is 1.38 bits per heavy atom. The topological polar surface area (TPSA) is 26.0 Å². The van der Waals surface area contributed by atoms with E-state index in [-0.39, 0.29) is 0 Å². The molecule has 0 spiro atoms. The summed E-state index contributed by atoms with van der Waals surface area (Å²) < 4.78 is 0. The molecule has 0 aliphatic carbocycles. The molecular formula is C11H16ClN. The van der Waals surface area contributed by atoms with Crippen molar-refractivity contribution in [2.24, 2.45) is 5.73 Å². The molecule has 1 aromatic carbocycles. The van der Waals surface area contributed by atoms with E-state index in [1.165, 1.54) is 11.1 Å². The first-order chi connectivity index (χ1) is 6.15. The molecule has 0 amide bonds. The third kappa shape index (κ3) is 2.71. The summed E-state index contributed by atoms with van der Waals surface area (Å²) in [6.45, 7) is 5.05. The molecule has 0 saturated heterocycles. The first kappa shape index (κ1) is 10.6. The Morgan fingerprint density at radius 2 is 2.08 bits per heavy atom. The maximum absolute atomic E-state index is 5.92. The summed E-state index contributed by atoms with van der Waals surface area (Å²) in [6, 6.07) is 6.05. The molecule has 0 fully saturated rings. The summed E-state index contributed by atoms with van der Waals surface area (Å²) >= 11 is 5.92. The minimum Gasteiger partial charge on any atom is -0.330 e. The van der Waals surface area contributed by atoms with E-state index in [2.05, 4.69) is 19.9 Å². The van der Waals surface area contributed by atoms with Crippen LogP contribution in [0.25, 0.3) is 0 Å². The first-order valence-corrected chi connectivity index (χ1v) is 5.01. The second-order valence-electron chi connectivity index (χ2n) is 3.54. The molecule has 0 bridgehead atoms. The van der Waals surface area contributed by atoms with Crippen molar-refractivity contribution in [2.45, 2.75) is 26.2 Å². The van der Waals surface area contributed by atoms with Crippen molar-refractivity contribution in [1.82, 2.24) is 0 Å². The van der Waals surface area contributed by atoms with Gasteiger partial charge in [0.1, 0.15) is 0 Å². The SMILES string of the molecule is CC(C)c1ccc(Cl)cc1CCN. The molecule has 0 unspecified atom stereocenters. The predicted molar refractivity (Wildman–Crippen MR) is 58.3 cm³/mol. The van der Waals surface area contributed by atoms with Gasteiger partial charge in [-0.25, -0.2) is 0 Å². The number of hydrogen-bond donors (Lipinski definition) is 1. The largest absolute Gasteiger partial charge is 0.330 e. The van der Waals surface area contributed by atoms with Gasteiger partial charge in [-0.2, -0.15) is 0 Å². The summed E-state index contributed by atoms with van der Waals surface area (Å²) in [7, 11) is 0. The van der Waals surface area contributed by atoms with Crippen LogP contribution in [-0.2, 0) is 6.42 Å². The van der Waals surface area contributed by atoms with E-state index in [1.807, 2.05) is 12.1 Å². The van der Waals surface area contributed by atoms with E-state index in [4.69, 9.17) is 17.3 Å². The van der Waals surface area contributed by atoms with Gasteiger partial charge in [0.05, 0.1) is 0 Å². The lowest BCUT2D eigenvalue weighted by atomic mass is 9.95. The van der Waals surface area contributed by atoms with Crippen LogP contribution in [0.1, 0.15) is 30.9 Å². The fraction of sp³-hybridized carbons (Fsp3) is 0.455. The highest BCUT2D eigenvalue weighted by molar-refractivity contribution is 6.30. The third-order valence-electron chi connectivity index (χ3n) is 2.14.